The van der Waals surface area contributed by atoms with Crippen molar-refractivity contribution >= 4 is 11.8 Å². The Hall–Kier alpha value is -1.88. The highest BCUT2D eigenvalue weighted by molar-refractivity contribution is 5.81. The van der Waals surface area contributed by atoms with Crippen LogP contribution in [0.5, 0.6) is 0 Å². The van der Waals surface area contributed by atoms with Gasteiger partial charge in [-0.25, -0.2) is 0 Å². The zero-order chi connectivity index (χ0) is 16.8. The Balaban J connectivity index is 2.43. The summed E-state index contributed by atoms with van der Waals surface area (Å²) in [5.41, 5.74) is 0.807. The van der Waals surface area contributed by atoms with Gasteiger partial charge >= 0.3 is 0 Å². The van der Waals surface area contributed by atoms with E-state index >= 15 is 0 Å². The van der Waals surface area contributed by atoms with E-state index in [4.69, 9.17) is 0 Å². The van der Waals surface area contributed by atoms with E-state index in [0.717, 1.165) is 10.5 Å². The maximum absolute atomic E-state index is 12.2. The smallest absolute Gasteiger partial charge is 0.278 e. The fourth-order valence-corrected chi connectivity index (χ4v) is 2.03. The zero-order valence-corrected chi connectivity index (χ0v) is 14.2. The van der Waals surface area contributed by atoms with Gasteiger partial charge in [-0.1, -0.05) is 30.3 Å². The fraction of sp³-hybridized carbons (Fsp3) is 0.529. The molecule has 0 saturated carbocycles. The number of hydrogen-bond donors (Lipinski definition) is 3. The maximum Gasteiger partial charge on any atom is 0.278 e. The summed E-state index contributed by atoms with van der Waals surface area (Å²) < 4.78 is 0. The monoisotopic (exact) mass is 306 g/mol. The van der Waals surface area contributed by atoms with Crippen LogP contribution < -0.4 is 15.5 Å². The molecule has 5 heteroatoms. The number of carbonyl (C=O) groups excluding carboxylic acids is 2. The average molecular weight is 306 g/mol. The predicted molar refractivity (Wildman–Crippen MR) is 87.4 cm³/mol. The fourth-order valence-electron chi connectivity index (χ4n) is 2.03. The quantitative estimate of drug-likeness (QED) is 0.699. The average Bonchev–Trinajstić information content (AvgIpc) is 2.42. The number of hydrogen-bond acceptors (Lipinski definition) is 2. The second-order valence-electron chi connectivity index (χ2n) is 6.75. The summed E-state index contributed by atoms with van der Waals surface area (Å²) in [6.45, 7) is 8.44. The van der Waals surface area contributed by atoms with E-state index in [1.54, 1.807) is 0 Å². The standard InChI is InChI=1S/C17H27N3O2/c1-13(20(5)12-15(21)19-17(2,3)4)16(22)18-11-14-9-7-6-8-10-14/h6-10,13H,11-12H2,1-5H3,(H,18,22)(H,19,21)/p+1/t13-/m1/s1. The van der Waals surface area contributed by atoms with E-state index < -0.39 is 0 Å². The first-order chi connectivity index (χ1) is 10.2. The largest absolute Gasteiger partial charge is 0.347 e. The van der Waals surface area contributed by atoms with Gasteiger partial charge in [-0.15, -0.1) is 0 Å². The Bertz CT molecular complexity index is 494. The van der Waals surface area contributed by atoms with Crippen LogP contribution >= 0.6 is 0 Å². The van der Waals surface area contributed by atoms with Crippen LogP contribution in [0.4, 0.5) is 0 Å². The van der Waals surface area contributed by atoms with Crippen molar-refractivity contribution in [2.45, 2.75) is 45.8 Å². The lowest BCUT2D eigenvalue weighted by Gasteiger charge is -2.24. The first-order valence-electron chi connectivity index (χ1n) is 7.64. The Morgan fingerprint density at radius 2 is 1.77 bits per heavy atom. The van der Waals surface area contributed by atoms with Gasteiger partial charge in [0.15, 0.2) is 12.6 Å². The maximum atomic E-state index is 12.2. The minimum Gasteiger partial charge on any atom is -0.347 e. The van der Waals surface area contributed by atoms with Gasteiger partial charge in [0.2, 0.25) is 0 Å². The number of likely N-dealkylation sites (N-methyl/N-ethyl adjacent to an activating group) is 1. The number of rotatable bonds is 6. The Labute approximate surface area is 133 Å². The summed E-state index contributed by atoms with van der Waals surface area (Å²) in [7, 11) is 1.86. The topological polar surface area (TPSA) is 62.6 Å². The van der Waals surface area contributed by atoms with Crippen molar-refractivity contribution in [2.24, 2.45) is 0 Å². The highest BCUT2D eigenvalue weighted by Gasteiger charge is 2.25. The number of carbonyl (C=O) groups is 2. The molecular weight excluding hydrogens is 278 g/mol. The summed E-state index contributed by atoms with van der Waals surface area (Å²) in [6, 6.07) is 9.49. The molecule has 1 aromatic rings. The molecule has 0 bridgehead atoms. The molecule has 0 radical (unpaired) electrons. The number of nitrogens with one attached hydrogen (secondary N) is 3. The van der Waals surface area contributed by atoms with Crippen molar-refractivity contribution in [3.63, 3.8) is 0 Å². The Morgan fingerprint density at radius 1 is 1.18 bits per heavy atom. The van der Waals surface area contributed by atoms with Crippen molar-refractivity contribution in [3.05, 3.63) is 35.9 Å². The molecule has 2 atom stereocenters. The van der Waals surface area contributed by atoms with Gasteiger partial charge in [-0.2, -0.15) is 0 Å². The molecule has 5 nitrogen and oxygen atoms in total. The van der Waals surface area contributed by atoms with E-state index in [1.165, 1.54) is 0 Å². The molecule has 0 fully saturated rings. The van der Waals surface area contributed by atoms with Crippen molar-refractivity contribution in [3.8, 4) is 0 Å². The number of amides is 2. The van der Waals surface area contributed by atoms with E-state index in [9.17, 15) is 9.59 Å². The third kappa shape index (κ3) is 6.72. The van der Waals surface area contributed by atoms with Gasteiger partial charge in [0.25, 0.3) is 11.8 Å². The van der Waals surface area contributed by atoms with Crippen LogP contribution in [0.1, 0.15) is 33.3 Å². The van der Waals surface area contributed by atoms with E-state index in [2.05, 4.69) is 10.6 Å². The SMILES string of the molecule is C[C@H](C(=O)NCc1ccccc1)[NH+](C)CC(=O)NC(C)(C)C. The van der Waals surface area contributed by atoms with Crippen LogP contribution in [0.3, 0.4) is 0 Å². The van der Waals surface area contributed by atoms with Crippen LogP contribution in [0, 0.1) is 0 Å². The Kier molecular flexibility index (Phi) is 6.56. The summed E-state index contributed by atoms with van der Waals surface area (Å²) >= 11 is 0. The van der Waals surface area contributed by atoms with Crippen molar-refractivity contribution < 1.29 is 14.5 Å². The van der Waals surface area contributed by atoms with Crippen LogP contribution in [-0.4, -0.2) is 37.0 Å². The molecule has 1 aromatic carbocycles. The molecule has 0 aliphatic heterocycles. The van der Waals surface area contributed by atoms with Gasteiger partial charge < -0.3 is 15.5 Å². The Morgan fingerprint density at radius 3 is 2.32 bits per heavy atom. The zero-order valence-electron chi connectivity index (χ0n) is 14.2. The highest BCUT2D eigenvalue weighted by atomic mass is 16.2. The van der Waals surface area contributed by atoms with E-state index in [1.807, 2.05) is 65.1 Å². The molecule has 0 aliphatic rings. The molecule has 0 aliphatic carbocycles. The molecule has 22 heavy (non-hydrogen) atoms. The summed E-state index contributed by atoms with van der Waals surface area (Å²) in [5.74, 6) is -0.0994. The lowest BCUT2D eigenvalue weighted by Crippen LogP contribution is -3.15. The summed E-state index contributed by atoms with van der Waals surface area (Å²) in [5, 5.41) is 5.82. The molecule has 0 heterocycles. The first kappa shape index (κ1) is 18.2. The van der Waals surface area contributed by atoms with Crippen LogP contribution in [0.15, 0.2) is 30.3 Å². The molecular formula is C17H28N3O2+. The predicted octanol–water partition coefficient (Wildman–Crippen LogP) is 0.121. The third-order valence-electron chi connectivity index (χ3n) is 3.40. The molecule has 122 valence electrons. The molecule has 0 saturated heterocycles. The minimum absolute atomic E-state index is 0.0484. The lowest BCUT2D eigenvalue weighted by molar-refractivity contribution is -0.886. The van der Waals surface area contributed by atoms with Gasteiger partial charge in [-0.3, -0.25) is 9.59 Å². The van der Waals surface area contributed by atoms with Crippen LogP contribution in [0.2, 0.25) is 0 Å². The molecule has 3 N–H and O–H groups in total. The molecule has 0 spiro atoms. The van der Waals surface area contributed by atoms with E-state index in [0.29, 0.717) is 6.54 Å². The van der Waals surface area contributed by atoms with Crippen molar-refractivity contribution in [1.29, 1.82) is 0 Å². The van der Waals surface area contributed by atoms with Crippen molar-refractivity contribution in [1.82, 2.24) is 10.6 Å². The van der Waals surface area contributed by atoms with E-state index in [-0.39, 0.29) is 29.9 Å². The van der Waals surface area contributed by atoms with Gasteiger partial charge in [-0.05, 0) is 33.3 Å². The second-order valence-corrected chi connectivity index (χ2v) is 6.75. The van der Waals surface area contributed by atoms with Crippen LogP contribution in [-0.2, 0) is 16.1 Å². The third-order valence-corrected chi connectivity index (χ3v) is 3.40. The lowest BCUT2D eigenvalue weighted by atomic mass is 10.1. The normalized spacial score (nSPS) is 14.0. The summed E-state index contributed by atoms with van der Waals surface area (Å²) in [4.78, 5) is 24.9. The second kappa shape index (κ2) is 7.94. The minimum atomic E-state index is -0.283. The number of quaternary nitrogens is 1. The van der Waals surface area contributed by atoms with Crippen LogP contribution in [0.25, 0.3) is 0 Å². The van der Waals surface area contributed by atoms with Gasteiger partial charge in [0, 0.05) is 12.1 Å². The number of benzene rings is 1. The molecule has 1 unspecified atom stereocenters. The summed E-state index contributed by atoms with van der Waals surface area (Å²) in [6.07, 6.45) is 0. The highest BCUT2D eigenvalue weighted by Crippen LogP contribution is 1.98. The van der Waals surface area contributed by atoms with Crippen molar-refractivity contribution in [2.75, 3.05) is 13.6 Å². The first-order valence-corrected chi connectivity index (χ1v) is 7.64. The van der Waals surface area contributed by atoms with Gasteiger partial charge in [0.05, 0.1) is 7.05 Å². The van der Waals surface area contributed by atoms with Gasteiger partial charge in [0.1, 0.15) is 0 Å². The molecule has 2 amide bonds. The molecule has 1 rings (SSSR count). The molecule has 0 aromatic heterocycles.